The van der Waals surface area contributed by atoms with E-state index in [-0.39, 0.29) is 12.2 Å². The third-order valence-corrected chi connectivity index (χ3v) is 5.20. The molecule has 2 aromatic carbocycles. The number of ether oxygens (including phenoxy) is 1. The lowest BCUT2D eigenvalue weighted by Crippen LogP contribution is -2.26. The molecule has 1 aromatic heterocycles. The predicted molar refractivity (Wildman–Crippen MR) is 121 cm³/mol. The molecular weight excluding hydrogens is 478 g/mol. The molecule has 0 bridgehead atoms. The van der Waals surface area contributed by atoms with E-state index in [0.29, 0.717) is 22.5 Å². The van der Waals surface area contributed by atoms with Crippen LogP contribution in [0.1, 0.15) is 27.9 Å². The van der Waals surface area contributed by atoms with Gasteiger partial charge >= 0.3 is 11.9 Å². The number of benzene rings is 2. The Bertz CT molecular complexity index is 1360. The fourth-order valence-corrected chi connectivity index (χ4v) is 3.40. The zero-order valence-corrected chi connectivity index (χ0v) is 18.7. The number of hydrogen-bond acceptors (Lipinski definition) is 8. The molecule has 36 heavy (non-hydrogen) atoms. The van der Waals surface area contributed by atoms with Gasteiger partial charge < -0.3 is 20.0 Å². The summed E-state index contributed by atoms with van der Waals surface area (Å²) >= 11 is 0. The summed E-state index contributed by atoms with van der Waals surface area (Å²) in [6.07, 6.45) is 1.68. The van der Waals surface area contributed by atoms with Gasteiger partial charge in [0.1, 0.15) is 17.2 Å². The molecule has 0 spiro atoms. The van der Waals surface area contributed by atoms with Gasteiger partial charge in [-0.1, -0.05) is 23.4 Å². The van der Waals surface area contributed by atoms with Crippen molar-refractivity contribution in [3.63, 3.8) is 0 Å². The maximum absolute atomic E-state index is 13.8. The van der Waals surface area contributed by atoms with Gasteiger partial charge in [0, 0.05) is 17.5 Å². The van der Waals surface area contributed by atoms with Gasteiger partial charge in [-0.3, -0.25) is 9.78 Å². The van der Waals surface area contributed by atoms with Crippen molar-refractivity contribution in [3.8, 4) is 11.3 Å². The molecule has 184 valence electrons. The normalized spacial score (nSPS) is 14.5. The van der Waals surface area contributed by atoms with Crippen molar-refractivity contribution in [2.24, 2.45) is 5.16 Å². The van der Waals surface area contributed by atoms with E-state index in [4.69, 9.17) is 9.94 Å². The SMILES string of the molecule is Cc1ccc(C2=NOC(C(=O)OCC(=O)O)C2)cc1-c1cnc(NC(=O)c2c(F)cccc2F)cn1. The second-order valence-electron chi connectivity index (χ2n) is 7.70. The van der Waals surface area contributed by atoms with Crippen molar-refractivity contribution in [1.29, 1.82) is 0 Å². The Morgan fingerprint density at radius 1 is 1.14 bits per heavy atom. The number of anilines is 1. The molecular formula is C24H18F2N4O6. The van der Waals surface area contributed by atoms with Crippen LogP contribution in [0.4, 0.5) is 14.6 Å². The average molecular weight is 496 g/mol. The Hall–Kier alpha value is -4.74. The fourth-order valence-electron chi connectivity index (χ4n) is 3.40. The number of nitrogens with zero attached hydrogens (tertiary/aromatic N) is 3. The minimum Gasteiger partial charge on any atom is -0.479 e. The van der Waals surface area contributed by atoms with Crippen LogP contribution in [0, 0.1) is 18.6 Å². The first-order chi connectivity index (χ1) is 17.2. The second-order valence-corrected chi connectivity index (χ2v) is 7.70. The highest BCUT2D eigenvalue weighted by Crippen LogP contribution is 2.26. The summed E-state index contributed by atoms with van der Waals surface area (Å²) in [6.45, 7) is 1.07. The number of hydrogen-bond donors (Lipinski definition) is 2. The second kappa shape index (κ2) is 10.3. The number of carboxylic acids is 1. The van der Waals surface area contributed by atoms with Gasteiger partial charge in [-0.2, -0.15) is 0 Å². The topological polar surface area (TPSA) is 140 Å². The molecule has 10 nitrogen and oxygen atoms in total. The smallest absolute Gasteiger partial charge is 0.351 e. The summed E-state index contributed by atoms with van der Waals surface area (Å²) in [7, 11) is 0. The van der Waals surface area contributed by atoms with Crippen LogP contribution >= 0.6 is 0 Å². The minimum atomic E-state index is -1.28. The van der Waals surface area contributed by atoms with Crippen LogP contribution in [0.25, 0.3) is 11.3 Å². The third-order valence-electron chi connectivity index (χ3n) is 5.20. The Morgan fingerprint density at radius 3 is 2.56 bits per heavy atom. The number of carbonyl (C=O) groups excluding carboxylic acids is 2. The van der Waals surface area contributed by atoms with Crippen LogP contribution in [0.15, 0.2) is 53.9 Å². The summed E-state index contributed by atoms with van der Waals surface area (Å²) in [5, 5.41) is 14.9. The zero-order valence-electron chi connectivity index (χ0n) is 18.7. The van der Waals surface area contributed by atoms with E-state index >= 15 is 0 Å². The average Bonchev–Trinajstić information content (AvgIpc) is 3.34. The number of aromatic nitrogens is 2. The van der Waals surface area contributed by atoms with E-state index in [1.165, 1.54) is 12.4 Å². The van der Waals surface area contributed by atoms with Crippen molar-refractivity contribution in [1.82, 2.24) is 9.97 Å². The van der Waals surface area contributed by atoms with E-state index in [2.05, 4.69) is 25.2 Å². The first-order valence-electron chi connectivity index (χ1n) is 10.5. The zero-order chi connectivity index (χ0) is 25.8. The number of halogens is 2. The number of aliphatic carboxylic acids is 1. The number of aryl methyl sites for hydroxylation is 1. The predicted octanol–water partition coefficient (Wildman–Crippen LogP) is 3.10. The number of rotatable bonds is 7. The van der Waals surface area contributed by atoms with Crippen LogP contribution < -0.4 is 5.32 Å². The maximum Gasteiger partial charge on any atom is 0.351 e. The molecule has 2 heterocycles. The summed E-state index contributed by atoms with van der Waals surface area (Å²) in [5.41, 5.74) is 2.33. The van der Waals surface area contributed by atoms with Crippen molar-refractivity contribution in [2.45, 2.75) is 19.4 Å². The van der Waals surface area contributed by atoms with Crippen molar-refractivity contribution < 1.29 is 37.8 Å². The molecule has 1 aliphatic heterocycles. The fraction of sp³-hybridized carbons (Fsp3) is 0.167. The van der Waals surface area contributed by atoms with E-state index in [9.17, 15) is 23.2 Å². The van der Waals surface area contributed by atoms with Crippen LogP contribution in [0.2, 0.25) is 0 Å². The molecule has 1 aliphatic rings. The molecule has 0 aliphatic carbocycles. The monoisotopic (exact) mass is 496 g/mol. The quantitative estimate of drug-likeness (QED) is 0.476. The highest BCUT2D eigenvalue weighted by atomic mass is 19.1. The number of esters is 1. The maximum atomic E-state index is 13.8. The summed E-state index contributed by atoms with van der Waals surface area (Å²) in [6, 6.07) is 8.45. The summed E-state index contributed by atoms with van der Waals surface area (Å²) in [4.78, 5) is 48.3. The summed E-state index contributed by atoms with van der Waals surface area (Å²) in [5.74, 6) is -5.11. The van der Waals surface area contributed by atoms with Gasteiger partial charge in [0.25, 0.3) is 5.91 Å². The van der Waals surface area contributed by atoms with Crippen molar-refractivity contribution in [3.05, 3.63) is 77.1 Å². The molecule has 12 heteroatoms. The molecule has 2 N–H and O–H groups in total. The highest BCUT2D eigenvalue weighted by molar-refractivity contribution is 6.05. The summed E-state index contributed by atoms with van der Waals surface area (Å²) < 4.78 is 32.3. The van der Waals surface area contributed by atoms with Crippen LogP contribution in [-0.4, -0.2) is 51.3 Å². The Balaban J connectivity index is 1.47. The lowest BCUT2D eigenvalue weighted by Gasteiger charge is -2.10. The molecule has 1 atom stereocenters. The molecule has 1 amide bonds. The minimum absolute atomic E-state index is 0.00325. The van der Waals surface area contributed by atoms with Gasteiger partial charge in [-0.15, -0.1) is 0 Å². The number of amides is 1. The number of carbonyl (C=O) groups is 3. The van der Waals surface area contributed by atoms with Gasteiger partial charge in [-0.25, -0.2) is 23.4 Å². The number of carboxylic acid groups (broad SMARTS) is 1. The van der Waals surface area contributed by atoms with E-state index in [1.807, 2.05) is 13.0 Å². The van der Waals surface area contributed by atoms with E-state index in [1.54, 1.807) is 12.1 Å². The van der Waals surface area contributed by atoms with Crippen molar-refractivity contribution >= 4 is 29.4 Å². The molecule has 1 unspecified atom stereocenters. The van der Waals surface area contributed by atoms with Gasteiger partial charge in [-0.05, 0) is 30.7 Å². The Labute approximate surface area is 202 Å². The third kappa shape index (κ3) is 5.32. The van der Waals surface area contributed by atoms with E-state index < -0.39 is 47.8 Å². The molecule has 0 radical (unpaired) electrons. The Morgan fingerprint density at radius 2 is 1.89 bits per heavy atom. The van der Waals surface area contributed by atoms with Crippen molar-refractivity contribution in [2.75, 3.05) is 11.9 Å². The lowest BCUT2D eigenvalue weighted by molar-refractivity contribution is -0.162. The van der Waals surface area contributed by atoms with Crippen LogP contribution in [0.5, 0.6) is 0 Å². The standard InChI is InChI=1S/C24H18F2N4O6/c1-12-5-6-13(17-8-19(36-30-17)24(34)35-11-21(31)32)7-14(12)18-9-28-20(10-27-18)29-23(33)22-15(25)3-2-4-16(22)26/h2-7,9-10,19H,8,11H2,1H3,(H,31,32)(H,28,29,33). The highest BCUT2D eigenvalue weighted by Gasteiger charge is 2.31. The molecule has 0 saturated heterocycles. The largest absolute Gasteiger partial charge is 0.479 e. The van der Waals surface area contributed by atoms with Crippen LogP contribution in [0.3, 0.4) is 0 Å². The van der Waals surface area contributed by atoms with Gasteiger partial charge in [0.2, 0.25) is 6.10 Å². The molecule has 3 aromatic rings. The number of nitrogens with one attached hydrogen (secondary N) is 1. The van der Waals surface area contributed by atoms with Crippen LogP contribution in [-0.2, 0) is 19.2 Å². The van der Waals surface area contributed by atoms with Gasteiger partial charge in [0.05, 0.1) is 23.8 Å². The molecule has 0 fully saturated rings. The first kappa shape index (κ1) is 24.4. The van der Waals surface area contributed by atoms with E-state index in [0.717, 1.165) is 23.8 Å². The number of oxime groups is 1. The van der Waals surface area contributed by atoms with Gasteiger partial charge in [0.15, 0.2) is 12.4 Å². The molecule has 0 saturated carbocycles. The Kier molecular flexibility index (Phi) is 6.95. The lowest BCUT2D eigenvalue weighted by atomic mass is 9.98. The molecule has 4 rings (SSSR count). The first-order valence-corrected chi connectivity index (χ1v) is 10.5.